The molecule has 13 heteroatoms. The number of hydrogen-bond donors (Lipinski definition) is 3. The number of fused-ring (bicyclic) bond motifs is 1. The zero-order chi connectivity index (χ0) is 29.3. The smallest absolute Gasteiger partial charge is 0.339 e. The SMILES string of the molecule is COC(=O)c1ccccc1S(=O)(=O)N1CCC(Nc2nc(NC3CCC(N)CC3)nc3c2ncn3C2CCCC2)CC1. The highest BCUT2D eigenvalue weighted by atomic mass is 32.2. The van der Waals surface area contributed by atoms with Crippen molar-refractivity contribution in [3.05, 3.63) is 36.2 Å². The van der Waals surface area contributed by atoms with Gasteiger partial charge in [0.05, 0.1) is 23.9 Å². The average Bonchev–Trinajstić information content (AvgIpc) is 3.69. The molecule has 42 heavy (non-hydrogen) atoms. The van der Waals surface area contributed by atoms with Crippen molar-refractivity contribution in [2.45, 2.75) is 93.3 Å². The molecule has 2 aliphatic carbocycles. The van der Waals surface area contributed by atoms with E-state index in [1.807, 2.05) is 6.33 Å². The minimum atomic E-state index is -3.87. The number of carbonyl (C=O) groups excluding carboxylic acids is 1. The maximum Gasteiger partial charge on any atom is 0.339 e. The third-order valence-corrected chi connectivity index (χ3v) is 10.9. The van der Waals surface area contributed by atoms with Crippen LogP contribution in [0.1, 0.15) is 80.6 Å². The predicted molar refractivity (Wildman–Crippen MR) is 160 cm³/mol. The average molecular weight is 597 g/mol. The highest BCUT2D eigenvalue weighted by molar-refractivity contribution is 7.89. The van der Waals surface area contributed by atoms with Crippen LogP contribution >= 0.6 is 0 Å². The summed E-state index contributed by atoms with van der Waals surface area (Å²) < 4.78 is 35.5. The van der Waals surface area contributed by atoms with Gasteiger partial charge in [0, 0.05) is 37.3 Å². The molecular weight excluding hydrogens is 556 g/mol. The van der Waals surface area contributed by atoms with Gasteiger partial charge in [-0.2, -0.15) is 14.3 Å². The summed E-state index contributed by atoms with van der Waals surface area (Å²) in [5, 5.41) is 7.14. The molecular formula is C29H40N8O4S. The first-order valence-electron chi connectivity index (χ1n) is 15.0. The lowest BCUT2D eigenvalue weighted by Gasteiger charge is -2.32. The first-order valence-corrected chi connectivity index (χ1v) is 16.5. The van der Waals surface area contributed by atoms with Crippen LogP contribution in [0.5, 0.6) is 0 Å². The molecule has 6 rings (SSSR count). The number of esters is 1. The summed E-state index contributed by atoms with van der Waals surface area (Å²) in [4.78, 5) is 26.8. The van der Waals surface area contributed by atoms with Gasteiger partial charge in [-0.05, 0) is 63.5 Å². The standard InChI is InChI=1S/C29H40N8O4S/c1-41-28(38)23-8-4-5-9-24(23)42(39,40)36-16-14-21(15-17-36)32-26-25-27(37(18-31-25)22-6-2-3-7-22)35-29(34-26)33-20-12-10-19(30)11-13-20/h4-5,8-9,18-22H,2-3,6-7,10-17,30H2,1H3,(H2,32,33,34,35). The van der Waals surface area contributed by atoms with Crippen LogP contribution in [0.15, 0.2) is 35.5 Å². The highest BCUT2D eigenvalue weighted by Crippen LogP contribution is 2.34. The van der Waals surface area contributed by atoms with Crippen molar-refractivity contribution in [2.75, 3.05) is 30.8 Å². The Morgan fingerprint density at radius 1 is 0.952 bits per heavy atom. The van der Waals surface area contributed by atoms with Gasteiger partial charge in [-0.1, -0.05) is 25.0 Å². The van der Waals surface area contributed by atoms with Crippen LogP contribution in [0.2, 0.25) is 0 Å². The normalized spacial score (nSPS) is 22.8. The van der Waals surface area contributed by atoms with Gasteiger partial charge >= 0.3 is 5.97 Å². The first kappa shape index (κ1) is 28.8. The lowest BCUT2D eigenvalue weighted by molar-refractivity contribution is 0.0596. The quantitative estimate of drug-likeness (QED) is 0.328. The van der Waals surface area contributed by atoms with Crippen molar-refractivity contribution >= 4 is 38.9 Å². The molecule has 3 aliphatic rings. The molecule has 1 aromatic carbocycles. The van der Waals surface area contributed by atoms with Crippen molar-refractivity contribution in [3.63, 3.8) is 0 Å². The van der Waals surface area contributed by atoms with E-state index < -0.39 is 16.0 Å². The number of hydrogen-bond acceptors (Lipinski definition) is 10. The van der Waals surface area contributed by atoms with Gasteiger partial charge in [0.2, 0.25) is 16.0 Å². The van der Waals surface area contributed by atoms with Gasteiger partial charge in [0.25, 0.3) is 0 Å². The lowest BCUT2D eigenvalue weighted by atomic mass is 9.92. The molecule has 3 aromatic rings. The number of nitrogens with two attached hydrogens (primary N) is 1. The Bertz CT molecular complexity index is 1520. The van der Waals surface area contributed by atoms with E-state index in [1.165, 1.54) is 36.4 Å². The number of nitrogens with zero attached hydrogens (tertiary/aromatic N) is 5. The van der Waals surface area contributed by atoms with E-state index >= 15 is 0 Å². The van der Waals surface area contributed by atoms with Gasteiger partial charge in [-0.15, -0.1) is 0 Å². The molecule has 0 radical (unpaired) electrons. The molecule has 12 nitrogen and oxygen atoms in total. The van der Waals surface area contributed by atoms with Crippen LogP contribution in [-0.4, -0.2) is 76.5 Å². The van der Waals surface area contributed by atoms with Crippen molar-refractivity contribution in [1.29, 1.82) is 0 Å². The number of sulfonamides is 1. The fourth-order valence-corrected chi connectivity index (χ4v) is 8.17. The summed E-state index contributed by atoms with van der Waals surface area (Å²) in [6, 6.07) is 7.11. The molecule has 3 heterocycles. The molecule has 2 saturated carbocycles. The number of rotatable bonds is 8. The van der Waals surface area contributed by atoms with E-state index in [-0.39, 0.29) is 28.6 Å². The summed E-state index contributed by atoms with van der Waals surface area (Å²) in [5.41, 5.74) is 7.73. The van der Waals surface area contributed by atoms with Crippen LogP contribution in [0.25, 0.3) is 11.2 Å². The third-order valence-electron chi connectivity index (χ3n) is 8.95. The number of anilines is 2. The second-order valence-electron chi connectivity index (χ2n) is 11.7. The molecule has 1 aliphatic heterocycles. The molecule has 4 N–H and O–H groups in total. The van der Waals surface area contributed by atoms with Crippen LogP contribution in [-0.2, 0) is 14.8 Å². The van der Waals surface area contributed by atoms with Crippen LogP contribution in [0.4, 0.5) is 11.8 Å². The van der Waals surface area contributed by atoms with Crippen molar-refractivity contribution in [3.8, 4) is 0 Å². The Kier molecular flexibility index (Phi) is 8.33. The van der Waals surface area contributed by atoms with Gasteiger partial charge in [-0.25, -0.2) is 18.2 Å². The molecule has 0 spiro atoms. The van der Waals surface area contributed by atoms with E-state index in [9.17, 15) is 13.2 Å². The number of aromatic nitrogens is 4. The highest BCUT2D eigenvalue weighted by Gasteiger charge is 2.33. The van der Waals surface area contributed by atoms with Crippen molar-refractivity contribution in [2.24, 2.45) is 5.73 Å². The van der Waals surface area contributed by atoms with Crippen molar-refractivity contribution < 1.29 is 17.9 Å². The number of carbonyl (C=O) groups is 1. The largest absolute Gasteiger partial charge is 0.465 e. The van der Waals surface area contributed by atoms with E-state index in [2.05, 4.69) is 15.2 Å². The van der Waals surface area contributed by atoms with Gasteiger partial charge in [-0.3, -0.25) is 0 Å². The minimum absolute atomic E-state index is 0.00237. The molecule has 0 atom stereocenters. The molecule has 2 aromatic heterocycles. The summed E-state index contributed by atoms with van der Waals surface area (Å²) in [6.45, 7) is 0.626. The summed E-state index contributed by atoms with van der Waals surface area (Å²) in [7, 11) is -2.62. The number of piperidine rings is 1. The van der Waals surface area contributed by atoms with Gasteiger partial charge < -0.3 is 25.7 Å². The maximum absolute atomic E-state index is 13.5. The molecule has 0 bridgehead atoms. The van der Waals surface area contributed by atoms with Crippen LogP contribution < -0.4 is 16.4 Å². The zero-order valence-corrected chi connectivity index (χ0v) is 24.9. The van der Waals surface area contributed by atoms with Gasteiger partial charge in [0.15, 0.2) is 17.0 Å². The Hall–Kier alpha value is -3.29. The number of ether oxygens (including phenoxy) is 1. The molecule has 0 unspecified atom stereocenters. The van der Waals surface area contributed by atoms with Crippen LogP contribution in [0, 0.1) is 0 Å². The maximum atomic E-state index is 13.5. The Balaban J connectivity index is 1.21. The van der Waals surface area contributed by atoms with E-state index in [4.69, 9.17) is 25.4 Å². The second kappa shape index (κ2) is 12.1. The molecule has 226 valence electrons. The Labute approximate surface area is 246 Å². The van der Waals surface area contributed by atoms with E-state index in [1.54, 1.807) is 12.1 Å². The summed E-state index contributed by atoms with van der Waals surface area (Å²) >= 11 is 0. The fraction of sp³-hybridized carbons (Fsp3) is 0.586. The predicted octanol–water partition coefficient (Wildman–Crippen LogP) is 3.68. The molecule has 3 fully saturated rings. The molecule has 0 amide bonds. The summed E-state index contributed by atoms with van der Waals surface area (Å²) in [5.74, 6) is 0.588. The second-order valence-corrected chi connectivity index (χ2v) is 13.6. The Morgan fingerprint density at radius 3 is 2.36 bits per heavy atom. The monoisotopic (exact) mass is 596 g/mol. The third kappa shape index (κ3) is 5.82. The fourth-order valence-electron chi connectivity index (χ4n) is 6.52. The van der Waals surface area contributed by atoms with E-state index in [0.29, 0.717) is 43.7 Å². The van der Waals surface area contributed by atoms with E-state index in [0.717, 1.165) is 49.7 Å². The molecule has 1 saturated heterocycles. The van der Waals surface area contributed by atoms with Crippen molar-refractivity contribution in [1.82, 2.24) is 23.8 Å². The topological polar surface area (TPSA) is 157 Å². The lowest BCUT2D eigenvalue weighted by Crippen LogP contribution is -2.42. The number of methoxy groups -OCH3 is 1. The number of imidazole rings is 1. The zero-order valence-electron chi connectivity index (χ0n) is 24.0. The van der Waals surface area contributed by atoms with Gasteiger partial charge in [0.1, 0.15) is 0 Å². The number of benzene rings is 1. The first-order chi connectivity index (χ1) is 20.3. The summed E-state index contributed by atoms with van der Waals surface area (Å²) in [6.07, 6.45) is 11.6. The minimum Gasteiger partial charge on any atom is -0.465 e. The van der Waals surface area contributed by atoms with Crippen LogP contribution in [0.3, 0.4) is 0 Å². The Morgan fingerprint density at radius 2 is 1.64 bits per heavy atom. The number of nitrogens with one attached hydrogen (secondary N) is 2.